The third kappa shape index (κ3) is 4.18. The van der Waals surface area contributed by atoms with E-state index in [0.717, 1.165) is 43.6 Å². The van der Waals surface area contributed by atoms with Gasteiger partial charge in [-0.2, -0.15) is 0 Å². The standard InChI is InChI=1S/C23H25N5O2S/c29-22-18-8-11-27(14-17-6-4-12-31-17)15-19(18)25-21(26-22)20-7-1-2-10-28(20)23(30)16-5-3-9-24-13-16/h3-6,9,12-13,20H,1-2,7-8,10-11,14-15H2,(H,25,26,29)/t20-/m0/s1. The molecule has 0 bridgehead atoms. The SMILES string of the molecule is O=C(c1cccnc1)N1CCCC[C@H]1c1nc2c(c(=O)[nH]1)CCN(Cc1cccs1)C2. The van der Waals surface area contributed by atoms with Crippen LogP contribution in [0.25, 0.3) is 0 Å². The molecule has 5 heterocycles. The number of nitrogens with zero attached hydrogens (tertiary/aromatic N) is 4. The Morgan fingerprint density at radius 3 is 2.97 bits per heavy atom. The molecule has 3 aromatic rings. The second-order valence-electron chi connectivity index (χ2n) is 8.17. The van der Waals surface area contributed by atoms with Crippen molar-refractivity contribution in [2.45, 2.75) is 44.8 Å². The van der Waals surface area contributed by atoms with E-state index in [9.17, 15) is 9.59 Å². The van der Waals surface area contributed by atoms with Gasteiger partial charge in [-0.05, 0) is 49.3 Å². The van der Waals surface area contributed by atoms with Crippen LogP contribution in [0.5, 0.6) is 0 Å². The molecule has 1 saturated heterocycles. The Kier molecular flexibility index (Phi) is 5.65. The summed E-state index contributed by atoms with van der Waals surface area (Å²) in [4.78, 5) is 43.5. The number of piperidine rings is 1. The lowest BCUT2D eigenvalue weighted by Crippen LogP contribution is -2.41. The normalized spacial score (nSPS) is 19.2. The van der Waals surface area contributed by atoms with E-state index in [4.69, 9.17) is 4.98 Å². The van der Waals surface area contributed by atoms with Gasteiger partial charge in [0.05, 0.1) is 17.3 Å². The van der Waals surface area contributed by atoms with Gasteiger partial charge in [-0.3, -0.25) is 19.5 Å². The molecule has 160 valence electrons. The lowest BCUT2D eigenvalue weighted by molar-refractivity contribution is 0.0598. The van der Waals surface area contributed by atoms with E-state index in [1.165, 1.54) is 4.88 Å². The first kappa shape index (κ1) is 20.1. The summed E-state index contributed by atoms with van der Waals surface area (Å²) >= 11 is 1.75. The molecule has 3 aromatic heterocycles. The van der Waals surface area contributed by atoms with Gasteiger partial charge in [0.15, 0.2) is 0 Å². The number of amides is 1. The van der Waals surface area contributed by atoms with E-state index >= 15 is 0 Å². The Labute approximate surface area is 184 Å². The number of nitrogens with one attached hydrogen (secondary N) is 1. The summed E-state index contributed by atoms with van der Waals surface area (Å²) in [6, 6.07) is 7.54. The Morgan fingerprint density at radius 2 is 2.16 bits per heavy atom. The molecule has 0 aromatic carbocycles. The van der Waals surface area contributed by atoms with Crippen LogP contribution in [0.2, 0.25) is 0 Å². The summed E-state index contributed by atoms with van der Waals surface area (Å²) in [5, 5.41) is 2.09. The number of likely N-dealkylation sites (tertiary alicyclic amines) is 1. The second kappa shape index (κ2) is 8.72. The number of fused-ring (bicyclic) bond motifs is 1. The van der Waals surface area contributed by atoms with Gasteiger partial charge < -0.3 is 9.88 Å². The van der Waals surface area contributed by atoms with Crippen LogP contribution in [0.15, 0.2) is 46.8 Å². The molecule has 0 spiro atoms. The minimum Gasteiger partial charge on any atom is -0.328 e. The van der Waals surface area contributed by atoms with Crippen LogP contribution in [-0.2, 0) is 19.5 Å². The molecule has 1 N–H and O–H groups in total. The van der Waals surface area contributed by atoms with E-state index in [0.29, 0.717) is 30.9 Å². The third-order valence-electron chi connectivity index (χ3n) is 6.12. The van der Waals surface area contributed by atoms with Gasteiger partial charge in [0, 0.05) is 49.0 Å². The van der Waals surface area contributed by atoms with Crippen molar-refractivity contribution in [2.24, 2.45) is 0 Å². The van der Waals surface area contributed by atoms with Crippen molar-refractivity contribution in [3.8, 4) is 0 Å². The van der Waals surface area contributed by atoms with E-state index < -0.39 is 0 Å². The quantitative estimate of drug-likeness (QED) is 0.681. The van der Waals surface area contributed by atoms with Gasteiger partial charge in [0.2, 0.25) is 0 Å². The number of carbonyl (C=O) groups is 1. The van der Waals surface area contributed by atoms with Crippen molar-refractivity contribution in [3.05, 3.63) is 79.9 Å². The number of carbonyl (C=O) groups excluding carboxylic acids is 1. The predicted octanol–water partition coefficient (Wildman–Crippen LogP) is 3.15. The number of rotatable bonds is 4. The largest absolute Gasteiger partial charge is 0.328 e. The summed E-state index contributed by atoms with van der Waals surface area (Å²) in [6.07, 6.45) is 6.71. The monoisotopic (exact) mass is 435 g/mol. The molecule has 8 heteroatoms. The van der Waals surface area contributed by atoms with E-state index in [2.05, 4.69) is 32.4 Å². The van der Waals surface area contributed by atoms with Gasteiger partial charge in [0.25, 0.3) is 11.5 Å². The van der Waals surface area contributed by atoms with Crippen molar-refractivity contribution in [1.29, 1.82) is 0 Å². The number of hydrogen-bond donors (Lipinski definition) is 1. The number of hydrogen-bond acceptors (Lipinski definition) is 6. The average Bonchev–Trinajstić information content (AvgIpc) is 3.32. The highest BCUT2D eigenvalue weighted by molar-refractivity contribution is 7.09. The Bertz CT molecular complexity index is 1110. The number of pyridine rings is 1. The van der Waals surface area contributed by atoms with Gasteiger partial charge in [-0.15, -0.1) is 11.3 Å². The molecule has 0 radical (unpaired) electrons. The fourth-order valence-corrected chi connectivity index (χ4v) is 5.29. The molecule has 2 aliphatic heterocycles. The van der Waals surface area contributed by atoms with Gasteiger partial charge in [0.1, 0.15) is 5.82 Å². The van der Waals surface area contributed by atoms with Crippen LogP contribution < -0.4 is 5.56 Å². The van der Waals surface area contributed by atoms with Gasteiger partial charge in [-0.1, -0.05) is 6.07 Å². The predicted molar refractivity (Wildman–Crippen MR) is 119 cm³/mol. The van der Waals surface area contributed by atoms with Crippen LogP contribution in [0.3, 0.4) is 0 Å². The zero-order chi connectivity index (χ0) is 21.2. The molecule has 7 nitrogen and oxygen atoms in total. The van der Waals surface area contributed by atoms with Crippen molar-refractivity contribution in [2.75, 3.05) is 13.1 Å². The molecule has 1 atom stereocenters. The maximum Gasteiger partial charge on any atom is 0.256 e. The van der Waals surface area contributed by atoms with Crippen LogP contribution in [0.1, 0.15) is 57.6 Å². The molecule has 5 rings (SSSR count). The second-order valence-corrected chi connectivity index (χ2v) is 9.20. The Balaban J connectivity index is 1.42. The highest BCUT2D eigenvalue weighted by Crippen LogP contribution is 2.30. The molecular formula is C23H25N5O2S. The van der Waals surface area contributed by atoms with E-state index in [1.807, 2.05) is 4.90 Å². The van der Waals surface area contributed by atoms with Crippen LogP contribution in [0, 0.1) is 0 Å². The Hall–Kier alpha value is -2.84. The molecule has 0 aliphatic carbocycles. The van der Waals surface area contributed by atoms with E-state index in [1.54, 1.807) is 35.9 Å². The minimum atomic E-state index is -0.216. The number of aromatic nitrogens is 3. The molecule has 31 heavy (non-hydrogen) atoms. The molecule has 0 saturated carbocycles. The van der Waals surface area contributed by atoms with Gasteiger partial charge in [-0.25, -0.2) is 4.98 Å². The summed E-state index contributed by atoms with van der Waals surface area (Å²) in [5.41, 5.74) is 2.14. The number of thiophene rings is 1. The summed E-state index contributed by atoms with van der Waals surface area (Å²) in [7, 11) is 0. The lowest BCUT2D eigenvalue weighted by Gasteiger charge is -2.36. The maximum absolute atomic E-state index is 13.1. The highest BCUT2D eigenvalue weighted by atomic mass is 32.1. The van der Waals surface area contributed by atoms with Crippen LogP contribution >= 0.6 is 11.3 Å². The molecule has 1 fully saturated rings. The smallest absolute Gasteiger partial charge is 0.256 e. The molecule has 2 aliphatic rings. The fourth-order valence-electron chi connectivity index (χ4n) is 4.54. The first-order valence-electron chi connectivity index (χ1n) is 10.8. The lowest BCUT2D eigenvalue weighted by atomic mass is 9.99. The maximum atomic E-state index is 13.1. The molecule has 0 unspecified atom stereocenters. The number of aromatic amines is 1. The first-order chi connectivity index (χ1) is 15.2. The Morgan fingerprint density at radius 1 is 1.23 bits per heavy atom. The van der Waals surface area contributed by atoms with Crippen molar-refractivity contribution >= 4 is 17.2 Å². The zero-order valence-electron chi connectivity index (χ0n) is 17.3. The van der Waals surface area contributed by atoms with Crippen molar-refractivity contribution in [3.63, 3.8) is 0 Å². The van der Waals surface area contributed by atoms with Crippen LogP contribution in [0.4, 0.5) is 0 Å². The topological polar surface area (TPSA) is 82.2 Å². The molecular weight excluding hydrogens is 410 g/mol. The highest BCUT2D eigenvalue weighted by Gasteiger charge is 2.32. The summed E-state index contributed by atoms with van der Waals surface area (Å²) in [5.74, 6) is 0.552. The van der Waals surface area contributed by atoms with Crippen molar-refractivity contribution < 1.29 is 4.79 Å². The third-order valence-corrected chi connectivity index (χ3v) is 6.98. The summed E-state index contributed by atoms with van der Waals surface area (Å²) < 4.78 is 0. The van der Waals surface area contributed by atoms with Crippen LogP contribution in [-0.4, -0.2) is 43.7 Å². The minimum absolute atomic E-state index is 0.0579. The average molecular weight is 436 g/mol. The van der Waals surface area contributed by atoms with E-state index in [-0.39, 0.29) is 17.5 Å². The van der Waals surface area contributed by atoms with Crippen molar-refractivity contribution in [1.82, 2.24) is 24.8 Å². The fraction of sp³-hybridized carbons (Fsp3) is 0.391. The summed E-state index contributed by atoms with van der Waals surface area (Å²) in [6.45, 7) is 3.04. The number of H-pyrrole nitrogens is 1. The first-order valence-corrected chi connectivity index (χ1v) is 11.6. The molecule has 1 amide bonds. The zero-order valence-corrected chi connectivity index (χ0v) is 18.1. The van der Waals surface area contributed by atoms with Gasteiger partial charge >= 0.3 is 0 Å².